The quantitative estimate of drug-likeness (QED) is 0.719. The van der Waals surface area contributed by atoms with Crippen molar-refractivity contribution in [2.45, 2.75) is 31.4 Å². The molecule has 0 aliphatic heterocycles. The van der Waals surface area contributed by atoms with E-state index in [2.05, 4.69) is 15.3 Å². The number of hydrogen-bond donors (Lipinski definition) is 3. The Hall–Kier alpha value is -1.83. The largest absolute Gasteiger partial charge is 0.481 e. The van der Waals surface area contributed by atoms with Crippen LogP contribution in [0.3, 0.4) is 0 Å². The molecule has 0 bridgehead atoms. The third-order valence-corrected chi connectivity index (χ3v) is 4.62. The number of rotatable bonds is 6. The predicted molar refractivity (Wildman–Crippen MR) is 87.5 cm³/mol. The molecule has 1 aliphatic carbocycles. The summed E-state index contributed by atoms with van der Waals surface area (Å²) in [5.41, 5.74) is -0.296. The van der Waals surface area contributed by atoms with Gasteiger partial charge >= 0.3 is 5.97 Å². The number of nitrogens with zero attached hydrogens (tertiary/aromatic N) is 1. The van der Waals surface area contributed by atoms with Gasteiger partial charge in [0.2, 0.25) is 0 Å². The van der Waals surface area contributed by atoms with Crippen LogP contribution in [0.2, 0.25) is 0 Å². The molecule has 1 aromatic heterocycles. The van der Waals surface area contributed by atoms with E-state index in [9.17, 15) is 19.5 Å². The van der Waals surface area contributed by atoms with Crippen LogP contribution in [-0.2, 0) is 10.5 Å². The molecule has 23 heavy (non-hydrogen) atoms. The van der Waals surface area contributed by atoms with Gasteiger partial charge in [-0.2, -0.15) is 11.8 Å². The molecule has 1 amide bonds. The van der Waals surface area contributed by atoms with Crippen molar-refractivity contribution in [3.05, 3.63) is 27.9 Å². The van der Waals surface area contributed by atoms with Crippen molar-refractivity contribution in [1.29, 1.82) is 0 Å². The first-order chi connectivity index (χ1) is 11.0. The number of carbonyl (C=O) groups excluding carboxylic acids is 1. The van der Waals surface area contributed by atoms with Crippen molar-refractivity contribution in [3.8, 4) is 0 Å². The van der Waals surface area contributed by atoms with Crippen LogP contribution in [0.1, 0.15) is 42.0 Å². The SMILES string of the molecule is CSCc1nc(C(=O)NC[C@@H]2CCCC[C@@H]2C(=O)O)cc(=O)[nH]1. The van der Waals surface area contributed by atoms with Crippen LogP contribution >= 0.6 is 11.8 Å². The highest BCUT2D eigenvalue weighted by Crippen LogP contribution is 2.29. The standard InChI is InChI=1S/C15H21N3O4S/c1-23-8-12-17-11(6-13(19)18-12)14(20)16-7-9-4-2-3-5-10(9)15(21)22/h6,9-10H,2-5,7-8H2,1H3,(H,16,20)(H,21,22)(H,17,18,19)/t9-,10-/m0/s1. The lowest BCUT2D eigenvalue weighted by molar-refractivity contribution is -0.144. The topological polar surface area (TPSA) is 112 Å². The zero-order valence-corrected chi connectivity index (χ0v) is 13.8. The highest BCUT2D eigenvalue weighted by atomic mass is 32.2. The third kappa shape index (κ3) is 4.82. The lowest BCUT2D eigenvalue weighted by atomic mass is 9.79. The number of aromatic nitrogens is 2. The molecule has 126 valence electrons. The van der Waals surface area contributed by atoms with Crippen LogP contribution in [0.25, 0.3) is 0 Å². The Bertz CT molecular complexity index is 631. The fourth-order valence-corrected chi connectivity index (χ4v) is 3.33. The van der Waals surface area contributed by atoms with Gasteiger partial charge in [0.25, 0.3) is 11.5 Å². The second-order valence-electron chi connectivity index (χ2n) is 5.71. The Balaban J connectivity index is 2.01. The van der Waals surface area contributed by atoms with Gasteiger partial charge in [0, 0.05) is 12.6 Å². The second-order valence-corrected chi connectivity index (χ2v) is 6.58. The van der Waals surface area contributed by atoms with Gasteiger partial charge in [0.15, 0.2) is 0 Å². The van der Waals surface area contributed by atoms with Crippen molar-refractivity contribution < 1.29 is 14.7 Å². The molecule has 0 spiro atoms. The molecular formula is C15H21N3O4S. The van der Waals surface area contributed by atoms with Gasteiger partial charge in [-0.15, -0.1) is 0 Å². The Morgan fingerprint density at radius 1 is 1.43 bits per heavy atom. The maximum Gasteiger partial charge on any atom is 0.306 e. The molecule has 1 aliphatic rings. The molecule has 8 heteroatoms. The van der Waals surface area contributed by atoms with Gasteiger partial charge in [-0.25, -0.2) is 4.98 Å². The Kier molecular flexibility index (Phi) is 6.20. The van der Waals surface area contributed by atoms with Crippen LogP contribution in [0.5, 0.6) is 0 Å². The summed E-state index contributed by atoms with van der Waals surface area (Å²) in [7, 11) is 0. The fraction of sp³-hybridized carbons (Fsp3) is 0.600. The van der Waals surface area contributed by atoms with Gasteiger partial charge < -0.3 is 15.4 Å². The van der Waals surface area contributed by atoms with E-state index < -0.39 is 17.8 Å². The number of nitrogens with one attached hydrogen (secondary N) is 2. The monoisotopic (exact) mass is 339 g/mol. The summed E-state index contributed by atoms with van der Waals surface area (Å²) in [6, 6.07) is 1.16. The van der Waals surface area contributed by atoms with E-state index in [0.717, 1.165) is 25.3 Å². The molecule has 2 rings (SSSR count). The number of hydrogen-bond acceptors (Lipinski definition) is 5. The lowest BCUT2D eigenvalue weighted by Gasteiger charge is -2.28. The summed E-state index contributed by atoms with van der Waals surface area (Å²) in [4.78, 5) is 41.8. The number of aliphatic carboxylic acids is 1. The molecule has 0 unspecified atom stereocenters. The van der Waals surface area contributed by atoms with Crippen molar-refractivity contribution in [2.24, 2.45) is 11.8 Å². The number of amides is 1. The van der Waals surface area contributed by atoms with Gasteiger partial charge in [-0.05, 0) is 25.0 Å². The maximum atomic E-state index is 12.2. The van der Waals surface area contributed by atoms with Crippen molar-refractivity contribution in [3.63, 3.8) is 0 Å². The molecule has 2 atom stereocenters. The van der Waals surface area contributed by atoms with Gasteiger partial charge in [0.1, 0.15) is 11.5 Å². The summed E-state index contributed by atoms with van der Waals surface area (Å²) in [5.74, 6) is -0.758. The van der Waals surface area contributed by atoms with E-state index in [1.54, 1.807) is 0 Å². The van der Waals surface area contributed by atoms with Crippen molar-refractivity contribution in [2.75, 3.05) is 12.8 Å². The highest BCUT2D eigenvalue weighted by Gasteiger charge is 2.31. The molecule has 1 fully saturated rings. The summed E-state index contributed by atoms with van der Waals surface area (Å²) in [6.45, 7) is 0.294. The lowest BCUT2D eigenvalue weighted by Crippen LogP contribution is -2.37. The minimum absolute atomic E-state index is 0.0699. The zero-order valence-electron chi connectivity index (χ0n) is 13.0. The Morgan fingerprint density at radius 3 is 2.87 bits per heavy atom. The molecule has 1 saturated carbocycles. The van der Waals surface area contributed by atoms with E-state index in [0.29, 0.717) is 24.5 Å². The Morgan fingerprint density at radius 2 is 2.17 bits per heavy atom. The van der Waals surface area contributed by atoms with Gasteiger partial charge in [-0.3, -0.25) is 14.4 Å². The molecule has 0 radical (unpaired) electrons. The number of carboxylic acid groups (broad SMARTS) is 1. The smallest absolute Gasteiger partial charge is 0.306 e. The van der Waals surface area contributed by atoms with Crippen molar-refractivity contribution in [1.82, 2.24) is 15.3 Å². The van der Waals surface area contributed by atoms with Gasteiger partial charge in [-0.1, -0.05) is 12.8 Å². The summed E-state index contributed by atoms with van der Waals surface area (Å²) < 4.78 is 0. The average molecular weight is 339 g/mol. The van der Waals surface area contributed by atoms with E-state index in [4.69, 9.17) is 0 Å². The van der Waals surface area contributed by atoms with E-state index in [1.165, 1.54) is 11.8 Å². The minimum Gasteiger partial charge on any atom is -0.481 e. The van der Waals surface area contributed by atoms with E-state index in [-0.39, 0.29) is 17.2 Å². The van der Waals surface area contributed by atoms with E-state index in [1.807, 2.05) is 6.26 Å². The molecule has 1 heterocycles. The van der Waals surface area contributed by atoms with Crippen LogP contribution in [-0.4, -0.2) is 39.8 Å². The highest BCUT2D eigenvalue weighted by molar-refractivity contribution is 7.97. The summed E-state index contributed by atoms with van der Waals surface area (Å²) >= 11 is 1.49. The van der Waals surface area contributed by atoms with E-state index >= 15 is 0 Å². The third-order valence-electron chi connectivity index (χ3n) is 4.06. The molecule has 0 aromatic carbocycles. The van der Waals surface area contributed by atoms with Crippen LogP contribution in [0, 0.1) is 11.8 Å². The van der Waals surface area contributed by atoms with Crippen LogP contribution in [0.4, 0.5) is 0 Å². The first kappa shape index (κ1) is 17.5. The molecule has 3 N–H and O–H groups in total. The number of carboxylic acids is 1. The normalized spacial score (nSPS) is 20.9. The fourth-order valence-electron chi connectivity index (χ4n) is 2.92. The first-order valence-electron chi connectivity index (χ1n) is 7.61. The first-order valence-corrected chi connectivity index (χ1v) is 9.01. The van der Waals surface area contributed by atoms with Gasteiger partial charge in [0.05, 0.1) is 11.7 Å². The summed E-state index contributed by atoms with van der Waals surface area (Å²) in [5, 5.41) is 12.0. The van der Waals surface area contributed by atoms with Crippen molar-refractivity contribution >= 4 is 23.6 Å². The zero-order chi connectivity index (χ0) is 16.8. The number of aromatic amines is 1. The Labute approximate surface area is 138 Å². The number of carbonyl (C=O) groups is 2. The molecule has 7 nitrogen and oxygen atoms in total. The predicted octanol–water partition coefficient (Wildman–Crippen LogP) is 1.25. The minimum atomic E-state index is -0.805. The molecular weight excluding hydrogens is 318 g/mol. The summed E-state index contributed by atoms with van der Waals surface area (Å²) in [6.07, 6.45) is 5.21. The maximum absolute atomic E-state index is 12.2. The molecule has 1 aromatic rings. The number of thioether (sulfide) groups is 1. The number of H-pyrrole nitrogens is 1. The van der Waals surface area contributed by atoms with Crippen LogP contribution in [0.15, 0.2) is 10.9 Å². The molecule has 0 saturated heterocycles. The second kappa shape index (κ2) is 8.14. The van der Waals surface area contributed by atoms with Crippen LogP contribution < -0.4 is 10.9 Å². The average Bonchev–Trinajstić information content (AvgIpc) is 2.52.